The van der Waals surface area contributed by atoms with Gasteiger partial charge in [-0.2, -0.15) is 5.10 Å². The zero-order valence-corrected chi connectivity index (χ0v) is 10.3. The maximum Gasteiger partial charge on any atom is 0.306 e. The fourth-order valence-corrected chi connectivity index (χ4v) is 1.33. The summed E-state index contributed by atoms with van der Waals surface area (Å²) in [5.74, 6) is -0.388. The molecule has 0 aliphatic rings. The topological polar surface area (TPSA) is 61.2 Å². The van der Waals surface area contributed by atoms with Crippen LogP contribution in [-0.2, 0) is 16.1 Å². The molecule has 1 aromatic heterocycles. The van der Waals surface area contributed by atoms with Gasteiger partial charge in [0, 0.05) is 19.2 Å². The SMILES string of the molecule is CCCOC(=O)CCC(=O)c1cnn(CC)c1. The van der Waals surface area contributed by atoms with Gasteiger partial charge in [-0.05, 0) is 13.3 Å². The summed E-state index contributed by atoms with van der Waals surface area (Å²) in [5.41, 5.74) is 0.551. The standard InChI is InChI=1S/C12H18N2O3/c1-3-7-17-12(16)6-5-11(15)10-8-13-14(4-2)9-10/h8-9H,3-7H2,1-2H3. The Morgan fingerprint density at radius 3 is 2.71 bits per heavy atom. The van der Waals surface area contributed by atoms with Crippen molar-refractivity contribution in [1.82, 2.24) is 9.78 Å². The Kier molecular flexibility index (Phi) is 5.39. The van der Waals surface area contributed by atoms with Crippen LogP contribution in [0.15, 0.2) is 12.4 Å². The molecule has 1 aromatic rings. The molecular weight excluding hydrogens is 220 g/mol. The third kappa shape index (κ3) is 4.38. The number of hydrogen-bond acceptors (Lipinski definition) is 4. The van der Waals surface area contributed by atoms with E-state index in [1.807, 2.05) is 13.8 Å². The molecule has 0 atom stereocenters. The summed E-state index contributed by atoms with van der Waals surface area (Å²) < 4.78 is 6.58. The first-order valence-corrected chi connectivity index (χ1v) is 5.88. The van der Waals surface area contributed by atoms with Crippen molar-refractivity contribution in [2.24, 2.45) is 0 Å². The third-order valence-corrected chi connectivity index (χ3v) is 2.30. The van der Waals surface area contributed by atoms with E-state index in [1.165, 1.54) is 6.20 Å². The minimum Gasteiger partial charge on any atom is -0.466 e. The molecule has 0 aliphatic carbocycles. The van der Waals surface area contributed by atoms with Crippen LogP contribution in [0.5, 0.6) is 0 Å². The van der Waals surface area contributed by atoms with Crippen LogP contribution in [0.4, 0.5) is 0 Å². The lowest BCUT2D eigenvalue weighted by molar-refractivity contribution is -0.143. The number of esters is 1. The lowest BCUT2D eigenvalue weighted by atomic mass is 10.1. The smallest absolute Gasteiger partial charge is 0.306 e. The summed E-state index contributed by atoms with van der Waals surface area (Å²) in [4.78, 5) is 22.9. The first kappa shape index (κ1) is 13.4. The Balaban J connectivity index is 2.36. The number of aromatic nitrogens is 2. The average Bonchev–Trinajstić information content (AvgIpc) is 2.82. The zero-order valence-electron chi connectivity index (χ0n) is 10.3. The van der Waals surface area contributed by atoms with E-state index >= 15 is 0 Å². The first-order valence-electron chi connectivity index (χ1n) is 5.88. The number of ketones is 1. The molecule has 1 heterocycles. The van der Waals surface area contributed by atoms with Crippen molar-refractivity contribution in [3.05, 3.63) is 18.0 Å². The monoisotopic (exact) mass is 238 g/mol. The Morgan fingerprint density at radius 2 is 2.12 bits per heavy atom. The molecular formula is C12H18N2O3. The van der Waals surface area contributed by atoms with Gasteiger partial charge in [-0.25, -0.2) is 0 Å². The lowest BCUT2D eigenvalue weighted by Gasteiger charge is -2.01. The summed E-state index contributed by atoms with van der Waals surface area (Å²) >= 11 is 0. The molecule has 0 unspecified atom stereocenters. The number of rotatable bonds is 7. The van der Waals surface area contributed by atoms with Gasteiger partial charge in [0.15, 0.2) is 5.78 Å². The molecule has 0 spiro atoms. The third-order valence-electron chi connectivity index (χ3n) is 2.30. The van der Waals surface area contributed by atoms with Crippen molar-refractivity contribution in [2.75, 3.05) is 6.61 Å². The highest BCUT2D eigenvalue weighted by Gasteiger charge is 2.11. The molecule has 0 aliphatic heterocycles. The van der Waals surface area contributed by atoms with Crippen LogP contribution in [0.2, 0.25) is 0 Å². The van der Waals surface area contributed by atoms with Gasteiger partial charge in [-0.15, -0.1) is 0 Å². The van der Waals surface area contributed by atoms with Crippen molar-refractivity contribution >= 4 is 11.8 Å². The van der Waals surface area contributed by atoms with E-state index in [2.05, 4.69) is 5.10 Å². The lowest BCUT2D eigenvalue weighted by Crippen LogP contribution is -2.08. The summed E-state index contributed by atoms with van der Waals surface area (Å²) in [6, 6.07) is 0. The van der Waals surface area contributed by atoms with E-state index < -0.39 is 0 Å². The van der Waals surface area contributed by atoms with Gasteiger partial charge in [-0.1, -0.05) is 6.92 Å². The van der Waals surface area contributed by atoms with Crippen molar-refractivity contribution in [3.63, 3.8) is 0 Å². The van der Waals surface area contributed by atoms with Gasteiger partial charge >= 0.3 is 5.97 Å². The van der Waals surface area contributed by atoms with Gasteiger partial charge in [0.2, 0.25) is 0 Å². The second kappa shape index (κ2) is 6.83. The number of ether oxygens (including phenoxy) is 1. The largest absolute Gasteiger partial charge is 0.466 e. The van der Waals surface area contributed by atoms with E-state index in [0.29, 0.717) is 12.2 Å². The highest BCUT2D eigenvalue weighted by molar-refractivity contribution is 5.97. The summed E-state index contributed by atoms with van der Waals surface area (Å²) in [6.07, 6.45) is 4.33. The Hall–Kier alpha value is -1.65. The zero-order chi connectivity index (χ0) is 12.7. The fourth-order valence-electron chi connectivity index (χ4n) is 1.33. The number of carbonyl (C=O) groups excluding carboxylic acids is 2. The first-order chi connectivity index (χ1) is 8.17. The normalized spacial score (nSPS) is 10.2. The molecule has 0 bridgehead atoms. The second-order valence-electron chi connectivity index (χ2n) is 3.73. The van der Waals surface area contributed by atoms with Gasteiger partial charge in [0.25, 0.3) is 0 Å². The number of hydrogen-bond donors (Lipinski definition) is 0. The van der Waals surface area contributed by atoms with E-state index in [4.69, 9.17) is 4.74 Å². The molecule has 17 heavy (non-hydrogen) atoms. The minimum atomic E-state index is -0.317. The molecule has 5 nitrogen and oxygen atoms in total. The van der Waals surface area contributed by atoms with Crippen LogP contribution in [0, 0.1) is 0 Å². The van der Waals surface area contributed by atoms with E-state index in [1.54, 1.807) is 10.9 Å². The van der Waals surface area contributed by atoms with Crippen LogP contribution < -0.4 is 0 Å². The predicted octanol–water partition coefficient (Wildman–Crippen LogP) is 1.82. The predicted molar refractivity (Wildman–Crippen MR) is 62.7 cm³/mol. The van der Waals surface area contributed by atoms with Crippen LogP contribution in [0.1, 0.15) is 43.5 Å². The summed E-state index contributed by atoms with van der Waals surface area (Å²) in [5, 5.41) is 4.01. The van der Waals surface area contributed by atoms with Crippen molar-refractivity contribution < 1.29 is 14.3 Å². The van der Waals surface area contributed by atoms with Crippen LogP contribution in [-0.4, -0.2) is 28.1 Å². The van der Waals surface area contributed by atoms with Crippen molar-refractivity contribution in [3.8, 4) is 0 Å². The number of aryl methyl sites for hydroxylation is 1. The molecule has 5 heteroatoms. The van der Waals surface area contributed by atoms with Crippen LogP contribution >= 0.6 is 0 Å². The number of nitrogens with zero attached hydrogens (tertiary/aromatic N) is 2. The molecule has 0 aromatic carbocycles. The number of Topliss-reactive ketones (excluding diaryl/α,β-unsaturated/α-hetero) is 1. The van der Waals surface area contributed by atoms with Crippen LogP contribution in [0.25, 0.3) is 0 Å². The molecule has 0 fully saturated rings. The van der Waals surface area contributed by atoms with Crippen molar-refractivity contribution in [2.45, 2.75) is 39.7 Å². The van der Waals surface area contributed by atoms with Gasteiger partial charge in [0.1, 0.15) is 0 Å². The fraction of sp³-hybridized carbons (Fsp3) is 0.583. The van der Waals surface area contributed by atoms with E-state index in [-0.39, 0.29) is 24.6 Å². The van der Waals surface area contributed by atoms with Gasteiger partial charge in [0.05, 0.1) is 24.8 Å². The molecule has 1 rings (SSSR count). The Labute approximate surface area is 101 Å². The summed E-state index contributed by atoms with van der Waals surface area (Å²) in [7, 11) is 0. The van der Waals surface area contributed by atoms with Crippen LogP contribution in [0.3, 0.4) is 0 Å². The van der Waals surface area contributed by atoms with E-state index in [9.17, 15) is 9.59 Å². The molecule has 0 radical (unpaired) electrons. The Bertz CT molecular complexity index is 385. The molecule has 0 saturated heterocycles. The number of carbonyl (C=O) groups is 2. The maximum atomic E-state index is 11.7. The molecule has 0 amide bonds. The molecule has 0 N–H and O–H groups in total. The molecule has 0 saturated carbocycles. The van der Waals surface area contributed by atoms with E-state index in [0.717, 1.165) is 13.0 Å². The highest BCUT2D eigenvalue weighted by atomic mass is 16.5. The van der Waals surface area contributed by atoms with Crippen molar-refractivity contribution in [1.29, 1.82) is 0 Å². The van der Waals surface area contributed by atoms with Gasteiger partial charge < -0.3 is 4.74 Å². The Morgan fingerprint density at radius 1 is 1.35 bits per heavy atom. The van der Waals surface area contributed by atoms with Gasteiger partial charge in [-0.3, -0.25) is 14.3 Å². The quantitative estimate of drug-likeness (QED) is 0.537. The second-order valence-corrected chi connectivity index (χ2v) is 3.73. The maximum absolute atomic E-state index is 11.7. The average molecular weight is 238 g/mol. The minimum absolute atomic E-state index is 0.0712. The summed E-state index contributed by atoms with van der Waals surface area (Å²) in [6.45, 7) is 5.02. The molecule has 94 valence electrons. The highest BCUT2D eigenvalue weighted by Crippen LogP contribution is 2.05.